The molecule has 1 aromatic carbocycles. The number of rotatable bonds is 9. The Labute approximate surface area is 167 Å². The molecule has 3 rings (SSSR count). The Morgan fingerprint density at radius 3 is 2.54 bits per heavy atom. The van der Waals surface area contributed by atoms with Crippen LogP contribution < -0.4 is 19.3 Å². The monoisotopic (exact) mass is 390 g/mol. The minimum atomic E-state index is 0.374. The van der Waals surface area contributed by atoms with Crippen LogP contribution in [0.5, 0.6) is 11.5 Å². The zero-order valence-electron chi connectivity index (χ0n) is 17.6. The van der Waals surface area contributed by atoms with E-state index in [-0.39, 0.29) is 0 Å². The van der Waals surface area contributed by atoms with E-state index in [1.807, 2.05) is 16.8 Å². The van der Waals surface area contributed by atoms with Crippen LogP contribution in [0, 0.1) is 0 Å². The van der Waals surface area contributed by atoms with Crippen LogP contribution in [-0.2, 0) is 13.0 Å². The number of likely N-dealkylation sites (N-methyl/N-ethyl adjacent to an activating group) is 1. The molecule has 0 saturated carbocycles. The highest BCUT2D eigenvalue weighted by Gasteiger charge is 2.32. The molecule has 0 spiro atoms. The van der Waals surface area contributed by atoms with E-state index in [2.05, 4.69) is 35.6 Å². The van der Waals surface area contributed by atoms with Crippen LogP contribution in [0.4, 0.5) is 0 Å². The van der Waals surface area contributed by atoms with E-state index in [9.17, 15) is 0 Å². The number of methoxy groups -OCH3 is 2. The fraction of sp³-hybridized carbons (Fsp3) is 0.650. The molecule has 1 aliphatic heterocycles. The summed E-state index contributed by atoms with van der Waals surface area (Å²) >= 11 is 0. The summed E-state index contributed by atoms with van der Waals surface area (Å²) in [7, 11) is 5.59. The average molecular weight is 391 g/mol. The summed E-state index contributed by atoms with van der Waals surface area (Å²) in [5, 5.41) is 12.7. The van der Waals surface area contributed by atoms with Crippen LogP contribution >= 0.6 is 0 Å². The molecule has 0 bridgehead atoms. The number of benzene rings is 1. The molecule has 8 nitrogen and oxygen atoms in total. The van der Waals surface area contributed by atoms with Crippen LogP contribution in [-0.4, -0.2) is 67.7 Å². The predicted molar refractivity (Wildman–Crippen MR) is 106 cm³/mol. The Balaban J connectivity index is 1.71. The molecule has 2 N–H and O–H groups in total. The van der Waals surface area contributed by atoms with Crippen LogP contribution in [0.15, 0.2) is 18.2 Å². The number of ether oxygens (including phenoxy) is 2. The van der Waals surface area contributed by atoms with Crippen molar-refractivity contribution >= 4 is 0 Å². The Morgan fingerprint density at radius 2 is 1.86 bits per heavy atom. The van der Waals surface area contributed by atoms with E-state index in [1.165, 1.54) is 31.7 Å². The molecule has 1 fully saturated rings. The van der Waals surface area contributed by atoms with E-state index in [1.54, 1.807) is 24.0 Å². The number of tetrazole rings is 1. The lowest BCUT2D eigenvalue weighted by Crippen LogP contribution is -3.27. The molecule has 2 aromatic rings. The summed E-state index contributed by atoms with van der Waals surface area (Å²) in [5.41, 5.74) is 1.18. The number of hydrogen-bond donors (Lipinski definition) is 2. The van der Waals surface area contributed by atoms with Crippen molar-refractivity contribution in [3.63, 3.8) is 0 Å². The molecule has 8 heteroatoms. The minimum Gasteiger partial charge on any atom is -0.493 e. The van der Waals surface area contributed by atoms with E-state index < -0.39 is 0 Å². The molecular formula is C20H34N6O2+2. The molecule has 154 valence electrons. The molecule has 2 heterocycles. The van der Waals surface area contributed by atoms with E-state index in [4.69, 9.17) is 9.47 Å². The lowest BCUT2D eigenvalue weighted by Gasteiger charge is -2.32. The van der Waals surface area contributed by atoms with Gasteiger partial charge >= 0.3 is 0 Å². The number of nitrogens with zero attached hydrogens (tertiary/aromatic N) is 4. The predicted octanol–water partition coefficient (Wildman–Crippen LogP) is -0.813. The molecule has 0 radical (unpaired) electrons. The quantitative estimate of drug-likeness (QED) is 0.586. The summed E-state index contributed by atoms with van der Waals surface area (Å²) in [6.07, 6.45) is 3.10. The molecule has 1 aliphatic rings. The number of aromatic nitrogens is 4. The molecule has 1 atom stereocenters. The molecule has 0 amide bonds. The third-order valence-corrected chi connectivity index (χ3v) is 5.75. The van der Waals surface area contributed by atoms with Crippen molar-refractivity contribution in [1.29, 1.82) is 0 Å². The zero-order valence-corrected chi connectivity index (χ0v) is 17.6. The zero-order chi connectivity index (χ0) is 19.9. The number of hydrogen-bond acceptors (Lipinski definition) is 5. The maximum atomic E-state index is 5.42. The normalized spacial score (nSPS) is 20.7. The average Bonchev–Trinajstić information content (AvgIpc) is 3.19. The van der Waals surface area contributed by atoms with Gasteiger partial charge in [-0.1, -0.05) is 19.4 Å². The molecular weight excluding hydrogens is 356 g/mol. The van der Waals surface area contributed by atoms with Crippen molar-refractivity contribution in [3.05, 3.63) is 29.6 Å². The molecule has 28 heavy (non-hydrogen) atoms. The second-order valence-electron chi connectivity index (χ2n) is 7.66. The lowest BCUT2D eigenvalue weighted by molar-refractivity contribution is -1.02. The first-order chi connectivity index (χ1) is 13.7. The summed E-state index contributed by atoms with van der Waals surface area (Å²) in [6, 6.07) is 6.42. The van der Waals surface area contributed by atoms with Gasteiger partial charge in [0.15, 0.2) is 11.5 Å². The van der Waals surface area contributed by atoms with Crippen LogP contribution in [0.2, 0.25) is 0 Å². The van der Waals surface area contributed by atoms with Gasteiger partial charge in [-0.15, -0.1) is 5.10 Å². The van der Waals surface area contributed by atoms with Crippen molar-refractivity contribution in [2.75, 3.05) is 47.4 Å². The molecule has 0 unspecified atom stereocenters. The third-order valence-electron chi connectivity index (χ3n) is 5.75. The van der Waals surface area contributed by atoms with Gasteiger partial charge < -0.3 is 19.3 Å². The van der Waals surface area contributed by atoms with Gasteiger partial charge in [0.2, 0.25) is 5.82 Å². The number of aryl methyl sites for hydroxylation is 2. The van der Waals surface area contributed by atoms with Crippen molar-refractivity contribution in [2.24, 2.45) is 0 Å². The molecule has 0 aliphatic carbocycles. The van der Waals surface area contributed by atoms with Gasteiger partial charge in [-0.2, -0.15) is 0 Å². The van der Waals surface area contributed by atoms with Crippen molar-refractivity contribution < 1.29 is 19.3 Å². The lowest BCUT2D eigenvalue weighted by atomic mass is 10.1. The van der Waals surface area contributed by atoms with Gasteiger partial charge in [-0.3, -0.25) is 0 Å². The van der Waals surface area contributed by atoms with Crippen molar-refractivity contribution in [1.82, 2.24) is 20.2 Å². The van der Waals surface area contributed by atoms with Gasteiger partial charge in [-0.05, 0) is 34.5 Å². The summed E-state index contributed by atoms with van der Waals surface area (Å²) in [4.78, 5) is 3.24. The first kappa shape index (κ1) is 20.5. The highest BCUT2D eigenvalue weighted by Crippen LogP contribution is 2.27. The fourth-order valence-electron chi connectivity index (χ4n) is 4.04. The van der Waals surface area contributed by atoms with Crippen LogP contribution in [0.25, 0.3) is 0 Å². The molecule has 1 saturated heterocycles. The largest absolute Gasteiger partial charge is 0.493 e. The second-order valence-corrected chi connectivity index (χ2v) is 7.66. The first-order valence-corrected chi connectivity index (χ1v) is 10.3. The highest BCUT2D eigenvalue weighted by molar-refractivity contribution is 5.42. The molecule has 1 aromatic heterocycles. The minimum absolute atomic E-state index is 0.374. The summed E-state index contributed by atoms with van der Waals surface area (Å²) in [6.45, 7) is 7.78. The maximum Gasteiger partial charge on any atom is 0.209 e. The van der Waals surface area contributed by atoms with E-state index >= 15 is 0 Å². The topological polar surface area (TPSA) is 70.9 Å². The fourth-order valence-corrected chi connectivity index (χ4v) is 4.04. The van der Waals surface area contributed by atoms with E-state index in [0.29, 0.717) is 6.04 Å². The smallest absolute Gasteiger partial charge is 0.209 e. The van der Waals surface area contributed by atoms with Gasteiger partial charge in [-0.25, -0.2) is 4.68 Å². The Morgan fingerprint density at radius 1 is 1.11 bits per heavy atom. The SMILES string of the molecule is CCC[C@@H](c1nnnn1CCc1ccc(OC)c(OC)c1)[NH+]1CC[NH+](C)CC1. The summed E-state index contributed by atoms with van der Waals surface area (Å²) < 4.78 is 12.7. The third kappa shape index (κ3) is 4.80. The van der Waals surface area contributed by atoms with E-state index in [0.717, 1.165) is 43.1 Å². The Bertz CT molecular complexity index is 742. The number of nitrogens with one attached hydrogen (secondary N) is 2. The highest BCUT2D eigenvalue weighted by atomic mass is 16.5. The van der Waals surface area contributed by atoms with Crippen molar-refractivity contribution in [3.8, 4) is 11.5 Å². The maximum absolute atomic E-state index is 5.42. The Kier molecular flexibility index (Phi) is 7.22. The first-order valence-electron chi connectivity index (χ1n) is 10.3. The number of quaternary nitrogens is 2. The Hall–Kier alpha value is -2.19. The van der Waals surface area contributed by atoms with Crippen LogP contribution in [0.3, 0.4) is 0 Å². The van der Waals surface area contributed by atoms with Gasteiger partial charge in [0, 0.05) is 13.0 Å². The van der Waals surface area contributed by atoms with Crippen molar-refractivity contribution in [2.45, 2.75) is 38.8 Å². The summed E-state index contributed by atoms with van der Waals surface area (Å²) in [5.74, 6) is 2.53. The number of piperazine rings is 1. The van der Waals surface area contributed by atoms with Gasteiger partial charge in [0.25, 0.3) is 0 Å². The second kappa shape index (κ2) is 9.84. The van der Waals surface area contributed by atoms with Gasteiger partial charge in [0.1, 0.15) is 32.2 Å². The van der Waals surface area contributed by atoms with Gasteiger partial charge in [0.05, 0.1) is 21.3 Å². The van der Waals surface area contributed by atoms with Crippen LogP contribution in [0.1, 0.15) is 37.2 Å². The standard InChI is InChI=1S/C20H32N6O2/c1-5-6-17(25-13-11-24(2)12-14-25)20-21-22-23-26(20)10-9-16-7-8-18(27-3)19(15-16)28-4/h7-8,15,17H,5-6,9-14H2,1-4H3/p+2/t17-/m0/s1.